The van der Waals surface area contributed by atoms with Crippen LogP contribution >= 0.6 is 23.2 Å². The molecule has 0 radical (unpaired) electrons. The van der Waals surface area contributed by atoms with Crippen LogP contribution in [0.2, 0.25) is 10.0 Å². The van der Waals surface area contributed by atoms with Crippen LogP contribution in [-0.4, -0.2) is 153 Å². The number of ether oxygens (including phenoxy) is 8. The zero-order valence-corrected chi connectivity index (χ0v) is 44.5. The SMILES string of the molecule is CCc1c(Cl)c(O)c(Cl)c(O)c1C(=O)O[C@H]1[C@H](O)[C@H](OC)[C@H](OCC2=CC=CC[C@H](O)C(C)=C[C@H](CC)[C@@H](O[C@@H]3OC(C)(C)[C@@H](OC(=O)C(C)C)[C@H](O)[C@@H]3O)C(C)=CC(C)=CCC([C@@H](C)O)OC2=O)O[C@@H]1C. The fraction of sp³-hybridized carbons (Fsp3) is 0.635. The Bertz CT molecular complexity index is 2220. The molecule has 1 aromatic carbocycles. The van der Waals surface area contributed by atoms with Gasteiger partial charge in [-0.3, -0.25) is 4.79 Å². The van der Waals surface area contributed by atoms with Crippen LogP contribution < -0.4 is 0 Å². The van der Waals surface area contributed by atoms with E-state index in [2.05, 4.69) is 0 Å². The van der Waals surface area contributed by atoms with Crippen molar-refractivity contribution in [2.45, 2.75) is 187 Å². The number of esters is 3. The molecule has 0 aliphatic carbocycles. The molecule has 18 nitrogen and oxygen atoms in total. The molecule has 7 N–H and O–H groups in total. The van der Waals surface area contributed by atoms with Crippen molar-refractivity contribution in [3.05, 3.63) is 79.9 Å². The highest BCUT2D eigenvalue weighted by Gasteiger charge is 2.53. The van der Waals surface area contributed by atoms with Crippen LogP contribution in [0, 0.1) is 11.8 Å². The number of allylic oxidation sites excluding steroid dienone is 4. The van der Waals surface area contributed by atoms with Gasteiger partial charge in [0.15, 0.2) is 36.3 Å². The van der Waals surface area contributed by atoms with Gasteiger partial charge in [-0.15, -0.1) is 0 Å². The summed E-state index contributed by atoms with van der Waals surface area (Å²) in [5.74, 6) is -4.78. The van der Waals surface area contributed by atoms with Gasteiger partial charge in [-0.25, -0.2) is 9.59 Å². The van der Waals surface area contributed by atoms with Crippen LogP contribution in [0.3, 0.4) is 0 Å². The molecule has 1 aromatic rings. The average Bonchev–Trinajstić information content (AvgIpc) is 3.32. The number of carbonyl (C=O) groups is 3. The zero-order valence-electron chi connectivity index (χ0n) is 43.0. The van der Waals surface area contributed by atoms with Crippen LogP contribution in [0.5, 0.6) is 11.5 Å². The first-order valence-electron chi connectivity index (χ1n) is 24.2. The number of aromatic hydroxyl groups is 2. The number of aliphatic hydroxyl groups excluding tert-OH is 5. The Kier molecular flexibility index (Phi) is 22.4. The van der Waals surface area contributed by atoms with Crippen molar-refractivity contribution < 1.29 is 88.0 Å². The molecule has 3 aliphatic heterocycles. The first-order valence-corrected chi connectivity index (χ1v) is 24.9. The third kappa shape index (κ3) is 14.7. The summed E-state index contributed by atoms with van der Waals surface area (Å²) in [7, 11) is 1.26. The van der Waals surface area contributed by atoms with E-state index in [0.717, 1.165) is 0 Å². The van der Waals surface area contributed by atoms with Crippen LogP contribution in [0.25, 0.3) is 0 Å². The number of cyclic esters (lactones) is 1. The first-order chi connectivity index (χ1) is 33.7. The van der Waals surface area contributed by atoms with E-state index in [1.165, 1.54) is 33.1 Å². The molecule has 4 rings (SSSR count). The quantitative estimate of drug-likeness (QED) is 0.0655. The third-order valence-electron chi connectivity index (χ3n) is 13.0. The fourth-order valence-corrected chi connectivity index (χ4v) is 9.16. The number of methoxy groups -OCH3 is 1. The molecular weight excluding hydrogens is 983 g/mol. The Morgan fingerprint density at radius 1 is 0.903 bits per heavy atom. The van der Waals surface area contributed by atoms with Gasteiger partial charge in [-0.05, 0) is 90.5 Å². The molecule has 2 saturated heterocycles. The molecular formula is C52H74Cl2O18. The van der Waals surface area contributed by atoms with E-state index in [-0.39, 0.29) is 35.4 Å². The van der Waals surface area contributed by atoms with Crippen molar-refractivity contribution in [2.75, 3.05) is 13.7 Å². The molecule has 20 heteroatoms. The topological polar surface area (TPSA) is 267 Å². The standard InChI is InChI=1S/C52H74Cl2O18/c1-13-30-22-26(6)33(56)18-16-15-17-31(23-66-51-45(65-12)42(61)44(29(9)67-51)69-49(64)35-32(14-2)36(53)39(58)37(54)38(35)57)48(63)68-34(28(8)55)20-19-25(5)21-27(7)43(30)70-50-41(60)40(59)46(52(10,11)72-50)71-47(62)24(3)4/h15-17,19,21-22,24,28-30,33-34,40-46,50-51,55-61H,13-14,18,20,23H2,1-12H3/t28-,29-,30+,33+,34?,40-,41+,42+,43+,44-,45+,46+,50-,51-/m1/s1. The number of halogens is 2. The molecule has 72 heavy (non-hydrogen) atoms. The predicted molar refractivity (Wildman–Crippen MR) is 265 cm³/mol. The van der Waals surface area contributed by atoms with Crippen molar-refractivity contribution in [3.8, 4) is 11.5 Å². The molecule has 14 atom stereocenters. The molecule has 3 heterocycles. The Hall–Kier alpha value is -3.89. The number of carbonyl (C=O) groups excluding carboxylic acids is 3. The molecule has 404 valence electrons. The van der Waals surface area contributed by atoms with E-state index in [1.54, 1.807) is 53.7 Å². The van der Waals surface area contributed by atoms with E-state index < -0.39 is 144 Å². The molecule has 2 fully saturated rings. The van der Waals surface area contributed by atoms with Crippen LogP contribution in [0.15, 0.2) is 58.7 Å². The predicted octanol–water partition coefficient (Wildman–Crippen LogP) is 6.23. The second-order valence-electron chi connectivity index (χ2n) is 19.4. The normalized spacial score (nSPS) is 31.5. The summed E-state index contributed by atoms with van der Waals surface area (Å²) in [5, 5.41) is 76.5. The minimum atomic E-state index is -1.61. The molecule has 1 unspecified atom stereocenters. The highest BCUT2D eigenvalue weighted by Crippen LogP contribution is 2.45. The van der Waals surface area contributed by atoms with Crippen LogP contribution in [-0.2, 0) is 53.9 Å². The molecule has 0 amide bonds. The summed E-state index contributed by atoms with van der Waals surface area (Å²) in [6.07, 6.45) is -5.45. The van der Waals surface area contributed by atoms with E-state index in [0.29, 0.717) is 23.1 Å². The maximum Gasteiger partial charge on any atom is 0.342 e. The van der Waals surface area contributed by atoms with Gasteiger partial charge in [-0.2, -0.15) is 0 Å². The number of hydrogen-bond acceptors (Lipinski definition) is 18. The lowest BCUT2D eigenvalue weighted by Crippen LogP contribution is -2.64. The second-order valence-corrected chi connectivity index (χ2v) is 20.1. The molecule has 0 spiro atoms. The summed E-state index contributed by atoms with van der Waals surface area (Å²) in [6.45, 7) is 18.1. The van der Waals surface area contributed by atoms with Gasteiger partial charge in [0.25, 0.3) is 0 Å². The van der Waals surface area contributed by atoms with E-state index in [9.17, 15) is 50.1 Å². The minimum Gasteiger partial charge on any atom is -0.505 e. The summed E-state index contributed by atoms with van der Waals surface area (Å²) in [5.41, 5.74) is 0.318. The summed E-state index contributed by atoms with van der Waals surface area (Å²) >= 11 is 12.3. The lowest BCUT2D eigenvalue weighted by Gasteiger charge is -2.47. The van der Waals surface area contributed by atoms with E-state index in [1.807, 2.05) is 32.9 Å². The van der Waals surface area contributed by atoms with E-state index in [4.69, 9.17) is 61.1 Å². The smallest absolute Gasteiger partial charge is 0.342 e. The van der Waals surface area contributed by atoms with Gasteiger partial charge in [0, 0.05) is 19.4 Å². The Morgan fingerprint density at radius 3 is 2.17 bits per heavy atom. The van der Waals surface area contributed by atoms with Crippen LogP contribution in [0.4, 0.5) is 0 Å². The van der Waals surface area contributed by atoms with Gasteiger partial charge in [0.05, 0.1) is 47.5 Å². The zero-order chi connectivity index (χ0) is 54.1. The van der Waals surface area contributed by atoms with Gasteiger partial charge in [0.2, 0.25) is 0 Å². The average molecular weight is 1060 g/mol. The van der Waals surface area contributed by atoms with Crippen molar-refractivity contribution in [1.29, 1.82) is 0 Å². The summed E-state index contributed by atoms with van der Waals surface area (Å²) in [6, 6.07) is 0. The Labute approximate surface area is 431 Å². The summed E-state index contributed by atoms with van der Waals surface area (Å²) in [4.78, 5) is 40.0. The van der Waals surface area contributed by atoms with E-state index >= 15 is 0 Å². The molecule has 0 saturated carbocycles. The number of rotatable bonds is 13. The maximum absolute atomic E-state index is 13.9. The number of hydrogen-bond donors (Lipinski definition) is 7. The van der Waals surface area contributed by atoms with Gasteiger partial charge in [0.1, 0.15) is 46.7 Å². The number of aliphatic hydroxyl groups is 5. The summed E-state index contributed by atoms with van der Waals surface area (Å²) < 4.78 is 47.5. The Morgan fingerprint density at radius 2 is 1.57 bits per heavy atom. The van der Waals surface area contributed by atoms with Gasteiger partial charge < -0.3 is 73.6 Å². The molecule has 3 aliphatic rings. The largest absolute Gasteiger partial charge is 0.505 e. The highest BCUT2D eigenvalue weighted by atomic mass is 35.5. The van der Waals surface area contributed by atoms with Crippen molar-refractivity contribution >= 4 is 41.1 Å². The van der Waals surface area contributed by atoms with Crippen molar-refractivity contribution in [2.24, 2.45) is 11.8 Å². The lowest BCUT2D eigenvalue weighted by molar-refractivity contribution is -0.333. The number of phenols is 2. The van der Waals surface area contributed by atoms with Crippen LogP contribution in [0.1, 0.15) is 111 Å². The monoisotopic (exact) mass is 1060 g/mol. The molecule has 0 bridgehead atoms. The van der Waals surface area contributed by atoms with Gasteiger partial charge >= 0.3 is 17.9 Å². The first kappa shape index (κ1) is 60.7. The van der Waals surface area contributed by atoms with Crippen molar-refractivity contribution in [3.63, 3.8) is 0 Å². The minimum absolute atomic E-state index is 0.0372. The highest BCUT2D eigenvalue weighted by molar-refractivity contribution is 6.39. The number of phenolic OH excluding ortho intramolecular Hbond substituents is 2. The Balaban J connectivity index is 1.61. The van der Waals surface area contributed by atoms with Crippen molar-refractivity contribution in [1.82, 2.24) is 0 Å². The maximum atomic E-state index is 13.9. The second kappa shape index (κ2) is 26.5. The third-order valence-corrected chi connectivity index (χ3v) is 13.8. The fourth-order valence-electron chi connectivity index (χ4n) is 8.60. The molecule has 0 aromatic heterocycles. The van der Waals surface area contributed by atoms with Gasteiger partial charge in [-0.1, -0.05) is 86.9 Å². The lowest BCUT2D eigenvalue weighted by atomic mass is 9.88. The number of benzene rings is 1.